The molecule has 2 atom stereocenters. The van der Waals surface area contributed by atoms with Crippen molar-refractivity contribution in [3.05, 3.63) is 65.2 Å². The number of nitrogens with one attached hydrogen (secondary N) is 1. The number of nitrogens with zero attached hydrogens (tertiary/aromatic N) is 1. The Balaban J connectivity index is 1.75. The normalized spacial score (nSPS) is 19.7. The third-order valence-electron chi connectivity index (χ3n) is 5.96. The van der Waals surface area contributed by atoms with Gasteiger partial charge in [-0.15, -0.1) is 0 Å². The lowest BCUT2D eigenvalue weighted by Crippen LogP contribution is -2.50. The van der Waals surface area contributed by atoms with Gasteiger partial charge in [0.2, 0.25) is 5.91 Å². The number of anilines is 1. The van der Waals surface area contributed by atoms with Crippen molar-refractivity contribution in [3.8, 4) is 0 Å². The molecule has 1 aliphatic heterocycles. The first kappa shape index (κ1) is 21.1. The first-order valence-electron chi connectivity index (χ1n) is 10.5. The Morgan fingerprint density at radius 3 is 2.48 bits per heavy atom. The van der Waals surface area contributed by atoms with E-state index >= 15 is 0 Å². The number of carbonyl (C=O) groups excluding carboxylic acids is 2. The SMILES string of the molecule is Cc1ccccc1C(=O)N1CCC[C@H](C(=O)Nc2cccc(C(C)(C)C)c2)[C@@H]1C. The molecule has 4 heteroatoms. The van der Waals surface area contributed by atoms with Crippen LogP contribution in [0.2, 0.25) is 0 Å². The lowest BCUT2D eigenvalue weighted by molar-refractivity contribution is -0.122. The molecule has 0 aliphatic carbocycles. The number of piperidine rings is 1. The highest BCUT2D eigenvalue weighted by Gasteiger charge is 2.36. The zero-order valence-corrected chi connectivity index (χ0v) is 18.2. The van der Waals surface area contributed by atoms with E-state index in [1.54, 1.807) is 0 Å². The second-order valence-electron chi connectivity index (χ2n) is 9.12. The number of hydrogen-bond donors (Lipinski definition) is 1. The van der Waals surface area contributed by atoms with E-state index in [0.29, 0.717) is 6.54 Å². The first-order valence-corrected chi connectivity index (χ1v) is 10.5. The van der Waals surface area contributed by atoms with Crippen molar-refractivity contribution in [1.29, 1.82) is 0 Å². The number of aryl methyl sites for hydroxylation is 1. The standard InChI is InChI=1S/C25H32N2O2/c1-17-10-6-7-13-21(17)24(29)27-15-9-14-22(18(27)2)23(28)26-20-12-8-11-19(16-20)25(3,4)5/h6-8,10-13,16,18,22H,9,14-15H2,1-5H3,(H,26,28)/t18-,22-/m0/s1. The van der Waals surface area contributed by atoms with E-state index in [1.807, 2.05) is 61.2 Å². The Morgan fingerprint density at radius 2 is 1.79 bits per heavy atom. The Bertz CT molecular complexity index is 898. The van der Waals surface area contributed by atoms with Crippen LogP contribution in [0, 0.1) is 12.8 Å². The fourth-order valence-electron chi connectivity index (χ4n) is 4.05. The average molecular weight is 393 g/mol. The first-order chi connectivity index (χ1) is 13.7. The van der Waals surface area contributed by atoms with Gasteiger partial charge < -0.3 is 10.2 Å². The monoisotopic (exact) mass is 392 g/mol. The predicted molar refractivity (Wildman–Crippen MR) is 118 cm³/mol. The minimum absolute atomic E-state index is 0.00848. The number of likely N-dealkylation sites (tertiary alicyclic amines) is 1. The number of rotatable bonds is 3. The van der Waals surface area contributed by atoms with E-state index in [0.717, 1.165) is 29.7 Å². The maximum atomic E-state index is 13.1. The summed E-state index contributed by atoms with van der Waals surface area (Å²) < 4.78 is 0. The highest BCUT2D eigenvalue weighted by atomic mass is 16.2. The van der Waals surface area contributed by atoms with Crippen LogP contribution in [0.4, 0.5) is 5.69 Å². The molecular weight excluding hydrogens is 360 g/mol. The molecule has 1 heterocycles. The molecule has 1 N–H and O–H groups in total. The van der Waals surface area contributed by atoms with Crippen LogP contribution in [0.5, 0.6) is 0 Å². The molecule has 0 aromatic heterocycles. The molecule has 2 aromatic carbocycles. The van der Waals surface area contributed by atoms with Crippen LogP contribution in [0.25, 0.3) is 0 Å². The smallest absolute Gasteiger partial charge is 0.254 e. The molecule has 1 aliphatic rings. The molecule has 154 valence electrons. The highest BCUT2D eigenvalue weighted by molar-refractivity contribution is 5.97. The Hall–Kier alpha value is -2.62. The van der Waals surface area contributed by atoms with Crippen LogP contribution in [-0.4, -0.2) is 29.3 Å². The zero-order chi connectivity index (χ0) is 21.2. The fraction of sp³-hybridized carbons (Fsp3) is 0.440. The number of carbonyl (C=O) groups is 2. The second-order valence-corrected chi connectivity index (χ2v) is 9.12. The third kappa shape index (κ3) is 4.69. The van der Waals surface area contributed by atoms with E-state index in [2.05, 4.69) is 32.2 Å². The molecule has 3 rings (SSSR count). The third-order valence-corrected chi connectivity index (χ3v) is 5.96. The van der Waals surface area contributed by atoms with Crippen molar-refractivity contribution in [3.63, 3.8) is 0 Å². The van der Waals surface area contributed by atoms with Gasteiger partial charge in [-0.2, -0.15) is 0 Å². The molecule has 0 saturated carbocycles. The van der Waals surface area contributed by atoms with Gasteiger partial charge in [0.25, 0.3) is 5.91 Å². The minimum atomic E-state index is -0.213. The summed E-state index contributed by atoms with van der Waals surface area (Å²) in [5.74, 6) is -0.205. The molecule has 0 bridgehead atoms. The van der Waals surface area contributed by atoms with Crippen molar-refractivity contribution in [1.82, 2.24) is 4.90 Å². The molecule has 4 nitrogen and oxygen atoms in total. The van der Waals surface area contributed by atoms with Gasteiger partial charge in [0, 0.05) is 23.8 Å². The van der Waals surface area contributed by atoms with E-state index in [4.69, 9.17) is 0 Å². The number of amides is 2. The summed E-state index contributed by atoms with van der Waals surface area (Å²) >= 11 is 0. The van der Waals surface area contributed by atoms with Crippen LogP contribution in [0.3, 0.4) is 0 Å². The summed E-state index contributed by atoms with van der Waals surface area (Å²) in [5, 5.41) is 3.09. The predicted octanol–water partition coefficient (Wildman–Crippen LogP) is 5.17. The Kier molecular flexibility index (Phi) is 6.11. The summed E-state index contributed by atoms with van der Waals surface area (Å²) in [6, 6.07) is 15.5. The lowest BCUT2D eigenvalue weighted by atomic mass is 9.86. The van der Waals surface area contributed by atoms with Crippen molar-refractivity contribution in [2.75, 3.05) is 11.9 Å². The minimum Gasteiger partial charge on any atom is -0.335 e. The van der Waals surface area contributed by atoms with E-state index in [1.165, 1.54) is 5.56 Å². The van der Waals surface area contributed by atoms with Gasteiger partial charge in [0.05, 0.1) is 5.92 Å². The van der Waals surface area contributed by atoms with Crippen LogP contribution < -0.4 is 5.32 Å². The van der Waals surface area contributed by atoms with Crippen LogP contribution in [0.15, 0.2) is 48.5 Å². The maximum absolute atomic E-state index is 13.1. The molecule has 1 fully saturated rings. The Labute approximate surface area is 174 Å². The van der Waals surface area contributed by atoms with E-state index in [9.17, 15) is 9.59 Å². The molecule has 0 spiro atoms. The summed E-state index contributed by atoms with van der Waals surface area (Å²) in [4.78, 5) is 28.0. The lowest BCUT2D eigenvalue weighted by Gasteiger charge is -2.39. The quantitative estimate of drug-likeness (QED) is 0.783. The molecule has 2 amide bonds. The Morgan fingerprint density at radius 1 is 1.07 bits per heavy atom. The fourth-order valence-corrected chi connectivity index (χ4v) is 4.05. The summed E-state index contributed by atoms with van der Waals surface area (Å²) in [5.41, 5.74) is 3.71. The molecule has 0 radical (unpaired) electrons. The van der Waals surface area contributed by atoms with Gasteiger partial charge >= 0.3 is 0 Å². The molecule has 2 aromatic rings. The average Bonchev–Trinajstić information content (AvgIpc) is 2.67. The summed E-state index contributed by atoms with van der Waals surface area (Å²) in [7, 11) is 0. The maximum Gasteiger partial charge on any atom is 0.254 e. The van der Waals surface area contributed by atoms with Crippen molar-refractivity contribution < 1.29 is 9.59 Å². The van der Waals surface area contributed by atoms with Crippen LogP contribution in [-0.2, 0) is 10.2 Å². The van der Waals surface area contributed by atoms with Crippen molar-refractivity contribution in [2.45, 2.75) is 58.9 Å². The van der Waals surface area contributed by atoms with Gasteiger partial charge in [0.1, 0.15) is 0 Å². The molecule has 1 saturated heterocycles. The van der Waals surface area contributed by atoms with Gasteiger partial charge in [-0.05, 0) is 61.4 Å². The molecular formula is C25H32N2O2. The topological polar surface area (TPSA) is 49.4 Å². The number of benzene rings is 2. The number of hydrogen-bond acceptors (Lipinski definition) is 2. The van der Waals surface area contributed by atoms with Crippen LogP contribution in [0.1, 0.15) is 62.0 Å². The molecule has 29 heavy (non-hydrogen) atoms. The summed E-state index contributed by atoms with van der Waals surface area (Å²) in [6.45, 7) is 11.1. The van der Waals surface area contributed by atoms with Crippen molar-refractivity contribution in [2.24, 2.45) is 5.92 Å². The van der Waals surface area contributed by atoms with E-state index in [-0.39, 0.29) is 29.2 Å². The van der Waals surface area contributed by atoms with Crippen LogP contribution >= 0.6 is 0 Å². The highest BCUT2D eigenvalue weighted by Crippen LogP contribution is 2.29. The van der Waals surface area contributed by atoms with Crippen molar-refractivity contribution >= 4 is 17.5 Å². The largest absolute Gasteiger partial charge is 0.335 e. The summed E-state index contributed by atoms with van der Waals surface area (Å²) in [6.07, 6.45) is 1.63. The second kappa shape index (κ2) is 8.40. The van der Waals surface area contributed by atoms with Gasteiger partial charge in [-0.25, -0.2) is 0 Å². The van der Waals surface area contributed by atoms with E-state index < -0.39 is 0 Å². The van der Waals surface area contributed by atoms with Gasteiger partial charge in [-0.1, -0.05) is 51.1 Å². The van der Waals surface area contributed by atoms with Gasteiger partial charge in [0.15, 0.2) is 0 Å². The zero-order valence-electron chi connectivity index (χ0n) is 18.2. The molecule has 0 unspecified atom stereocenters. The van der Waals surface area contributed by atoms with Gasteiger partial charge in [-0.3, -0.25) is 9.59 Å².